The molecule has 2 aromatic rings. The number of nitrogens with zero attached hydrogens (tertiary/aromatic N) is 2. The number of aromatic hydroxyl groups is 1. The highest BCUT2D eigenvalue weighted by atomic mass is 35.5. The normalized spacial score (nSPS) is 17.8. The molecular formula is C18H18Cl2N2O5S. The van der Waals surface area contributed by atoms with Crippen LogP contribution in [0.2, 0.25) is 10.0 Å². The van der Waals surface area contributed by atoms with Gasteiger partial charge in [-0.05, 0) is 24.3 Å². The molecule has 0 bridgehead atoms. The van der Waals surface area contributed by atoms with Crippen LogP contribution in [0.3, 0.4) is 0 Å². The van der Waals surface area contributed by atoms with Crippen molar-refractivity contribution in [3.63, 3.8) is 0 Å². The average molecular weight is 445 g/mol. The largest absolute Gasteiger partial charge is 0.507 e. The molecule has 0 aromatic heterocycles. The number of hydrogen-bond donors (Lipinski definition) is 1. The average Bonchev–Trinajstić information content (AvgIpc) is 3.11. The maximum absolute atomic E-state index is 12.9. The zero-order valence-electron chi connectivity index (χ0n) is 14.8. The van der Waals surface area contributed by atoms with E-state index in [9.17, 15) is 13.5 Å². The molecule has 28 heavy (non-hydrogen) atoms. The first-order chi connectivity index (χ1) is 13.3. The van der Waals surface area contributed by atoms with Crippen LogP contribution in [0.4, 0.5) is 0 Å². The van der Waals surface area contributed by atoms with Crippen molar-refractivity contribution in [3.8, 4) is 17.2 Å². The standard InChI is InChI=1S/C18H18Cl2N2O5S/c19-13-1-2-14(20)18(8-13)28(24,25)22-5-3-21(4-6-22)10-12-7-16-17(9-15(12)23)27-11-26-16/h1-2,7-9,23H,3-6,10-11H2. The first-order valence-corrected chi connectivity index (χ1v) is 10.8. The highest BCUT2D eigenvalue weighted by Gasteiger charge is 2.30. The van der Waals surface area contributed by atoms with E-state index in [1.165, 1.54) is 16.4 Å². The van der Waals surface area contributed by atoms with Gasteiger partial charge in [0.25, 0.3) is 0 Å². The van der Waals surface area contributed by atoms with Crippen molar-refractivity contribution in [1.82, 2.24) is 9.21 Å². The summed E-state index contributed by atoms with van der Waals surface area (Å²) in [5, 5.41) is 10.7. The molecule has 0 radical (unpaired) electrons. The molecular weight excluding hydrogens is 427 g/mol. The number of piperazine rings is 1. The van der Waals surface area contributed by atoms with Crippen molar-refractivity contribution in [2.24, 2.45) is 0 Å². The van der Waals surface area contributed by atoms with Crippen molar-refractivity contribution >= 4 is 33.2 Å². The number of halogens is 2. The SMILES string of the molecule is O=S(=O)(c1cc(Cl)ccc1Cl)N1CCN(Cc2cc3c(cc2O)OCO3)CC1. The molecule has 1 fully saturated rings. The van der Waals surface area contributed by atoms with Crippen LogP contribution >= 0.6 is 23.2 Å². The van der Waals surface area contributed by atoms with Gasteiger partial charge in [-0.1, -0.05) is 23.2 Å². The van der Waals surface area contributed by atoms with Gasteiger partial charge in [-0.15, -0.1) is 0 Å². The van der Waals surface area contributed by atoms with E-state index in [-0.39, 0.29) is 22.5 Å². The van der Waals surface area contributed by atoms with Crippen molar-refractivity contribution in [1.29, 1.82) is 0 Å². The van der Waals surface area contributed by atoms with Gasteiger partial charge in [-0.3, -0.25) is 4.90 Å². The van der Waals surface area contributed by atoms with E-state index in [2.05, 4.69) is 4.90 Å². The molecule has 150 valence electrons. The Morgan fingerprint density at radius 2 is 1.68 bits per heavy atom. The van der Waals surface area contributed by atoms with Crippen LogP contribution in [-0.4, -0.2) is 55.7 Å². The monoisotopic (exact) mass is 444 g/mol. The summed E-state index contributed by atoms with van der Waals surface area (Å²) >= 11 is 12.0. The number of sulfonamides is 1. The molecule has 0 amide bonds. The number of phenols is 1. The van der Waals surface area contributed by atoms with Crippen LogP contribution in [0.5, 0.6) is 17.2 Å². The lowest BCUT2D eigenvalue weighted by Crippen LogP contribution is -2.48. The molecule has 0 atom stereocenters. The Bertz CT molecular complexity index is 1010. The lowest BCUT2D eigenvalue weighted by Gasteiger charge is -2.34. The molecule has 4 rings (SSSR count). The van der Waals surface area contributed by atoms with Crippen molar-refractivity contribution in [2.45, 2.75) is 11.4 Å². The third-order valence-electron chi connectivity index (χ3n) is 4.81. The van der Waals surface area contributed by atoms with E-state index in [1.807, 2.05) is 0 Å². The molecule has 0 saturated carbocycles. The van der Waals surface area contributed by atoms with E-state index in [1.54, 1.807) is 18.2 Å². The Balaban J connectivity index is 1.44. The topological polar surface area (TPSA) is 79.3 Å². The minimum Gasteiger partial charge on any atom is -0.507 e. The summed E-state index contributed by atoms with van der Waals surface area (Å²) in [5.74, 6) is 1.25. The lowest BCUT2D eigenvalue weighted by atomic mass is 10.1. The maximum Gasteiger partial charge on any atom is 0.244 e. The van der Waals surface area contributed by atoms with Crippen molar-refractivity contribution < 1.29 is 23.0 Å². The molecule has 0 spiro atoms. The Hall–Kier alpha value is -1.71. The molecule has 2 aromatic carbocycles. The fraction of sp³-hybridized carbons (Fsp3) is 0.333. The highest BCUT2D eigenvalue weighted by Crippen LogP contribution is 2.38. The smallest absolute Gasteiger partial charge is 0.244 e. The third-order valence-corrected chi connectivity index (χ3v) is 7.43. The summed E-state index contributed by atoms with van der Waals surface area (Å²) in [6.45, 7) is 2.29. The summed E-state index contributed by atoms with van der Waals surface area (Å²) in [6.07, 6.45) is 0. The molecule has 0 aliphatic carbocycles. The summed E-state index contributed by atoms with van der Waals surface area (Å²) in [7, 11) is -3.72. The Labute approximate surface area is 173 Å². The van der Waals surface area contributed by atoms with Crippen LogP contribution in [-0.2, 0) is 16.6 Å². The summed E-state index contributed by atoms with van der Waals surface area (Å²) in [4.78, 5) is 2.09. The summed E-state index contributed by atoms with van der Waals surface area (Å²) in [5.41, 5.74) is 0.707. The molecule has 2 aliphatic heterocycles. The van der Waals surface area contributed by atoms with Gasteiger partial charge in [0.05, 0.1) is 5.02 Å². The van der Waals surface area contributed by atoms with Crippen LogP contribution in [0.25, 0.3) is 0 Å². The fourth-order valence-electron chi connectivity index (χ4n) is 3.28. The summed E-state index contributed by atoms with van der Waals surface area (Å²) < 4.78 is 37.8. The predicted molar refractivity (Wildman–Crippen MR) is 105 cm³/mol. The maximum atomic E-state index is 12.9. The number of hydrogen-bond acceptors (Lipinski definition) is 6. The number of ether oxygens (including phenoxy) is 2. The number of benzene rings is 2. The van der Waals surface area contributed by atoms with E-state index in [4.69, 9.17) is 32.7 Å². The second-order valence-corrected chi connectivity index (χ2v) is 9.34. The molecule has 7 nitrogen and oxygen atoms in total. The zero-order chi connectivity index (χ0) is 19.9. The fourth-order valence-corrected chi connectivity index (χ4v) is 5.44. The minimum atomic E-state index is -3.72. The van der Waals surface area contributed by atoms with Crippen molar-refractivity contribution in [2.75, 3.05) is 33.0 Å². The highest BCUT2D eigenvalue weighted by molar-refractivity contribution is 7.89. The third kappa shape index (κ3) is 3.75. The van der Waals surface area contributed by atoms with Crippen molar-refractivity contribution in [3.05, 3.63) is 45.9 Å². The predicted octanol–water partition coefficient (Wildman–Crippen LogP) is 2.93. The number of fused-ring (bicyclic) bond motifs is 1. The van der Waals surface area contributed by atoms with E-state index >= 15 is 0 Å². The zero-order valence-corrected chi connectivity index (χ0v) is 17.1. The van der Waals surface area contributed by atoms with Crippen LogP contribution in [0.1, 0.15) is 5.56 Å². The minimum absolute atomic E-state index is 0.0172. The molecule has 1 N–H and O–H groups in total. The van der Waals surface area contributed by atoms with Gasteiger partial charge in [-0.25, -0.2) is 8.42 Å². The second kappa shape index (κ2) is 7.61. The first kappa shape index (κ1) is 19.6. The van der Waals surface area contributed by atoms with Gasteiger partial charge in [-0.2, -0.15) is 4.31 Å². The number of phenolic OH excluding ortho intramolecular Hbond substituents is 1. The molecule has 1 saturated heterocycles. The molecule has 10 heteroatoms. The Morgan fingerprint density at radius 1 is 1.00 bits per heavy atom. The molecule has 2 heterocycles. The van der Waals surface area contributed by atoms with Crippen LogP contribution in [0, 0.1) is 0 Å². The lowest BCUT2D eigenvalue weighted by molar-refractivity contribution is 0.173. The van der Waals surface area contributed by atoms with Gasteiger partial charge in [0.15, 0.2) is 11.5 Å². The quantitative estimate of drug-likeness (QED) is 0.780. The van der Waals surface area contributed by atoms with Gasteiger partial charge < -0.3 is 14.6 Å². The van der Waals surface area contributed by atoms with E-state index < -0.39 is 10.0 Å². The number of rotatable bonds is 4. The van der Waals surface area contributed by atoms with Gasteiger partial charge in [0.1, 0.15) is 10.6 Å². The van der Waals surface area contributed by atoms with E-state index in [0.717, 1.165) is 0 Å². The Morgan fingerprint density at radius 3 is 2.39 bits per heavy atom. The van der Waals surface area contributed by atoms with Crippen LogP contribution in [0.15, 0.2) is 35.2 Å². The summed E-state index contributed by atoms with van der Waals surface area (Å²) in [6, 6.07) is 7.70. The van der Waals surface area contributed by atoms with E-state index in [0.29, 0.717) is 54.8 Å². The Kier molecular flexibility index (Phi) is 5.32. The van der Waals surface area contributed by atoms with Gasteiger partial charge in [0, 0.05) is 49.4 Å². The van der Waals surface area contributed by atoms with Gasteiger partial charge in [0.2, 0.25) is 16.8 Å². The van der Waals surface area contributed by atoms with Crippen LogP contribution < -0.4 is 9.47 Å². The second-order valence-electron chi connectivity index (χ2n) is 6.59. The molecule has 2 aliphatic rings. The molecule has 0 unspecified atom stereocenters. The first-order valence-electron chi connectivity index (χ1n) is 8.63. The van der Waals surface area contributed by atoms with Gasteiger partial charge >= 0.3 is 0 Å².